The van der Waals surface area contributed by atoms with E-state index < -0.39 is 17.7 Å². The number of carbonyl (C=O) groups is 1. The summed E-state index contributed by atoms with van der Waals surface area (Å²) in [6, 6.07) is 5.16. The Bertz CT molecular complexity index is 697. The average molecular weight is 323 g/mol. The lowest BCUT2D eigenvalue weighted by atomic mass is 10.1. The molecular weight excluding hydrogens is 308 g/mol. The van der Waals surface area contributed by atoms with Crippen molar-refractivity contribution in [2.24, 2.45) is 0 Å². The van der Waals surface area contributed by atoms with E-state index in [1.165, 1.54) is 17.4 Å². The Morgan fingerprint density at radius 2 is 2.09 bits per heavy atom. The zero-order chi connectivity index (χ0) is 15.7. The molecule has 1 aliphatic rings. The van der Waals surface area contributed by atoms with Gasteiger partial charge in [0.25, 0.3) is 5.91 Å². The molecule has 1 aromatic heterocycles. The third kappa shape index (κ3) is 3.18. The van der Waals surface area contributed by atoms with Crippen molar-refractivity contribution in [2.75, 3.05) is 6.54 Å². The molecule has 6 heteroatoms. The van der Waals surface area contributed by atoms with E-state index in [0.29, 0.717) is 10.8 Å². The molecule has 1 saturated carbocycles. The molecule has 0 radical (unpaired) electrons. The van der Waals surface area contributed by atoms with Crippen LogP contribution in [0, 0.1) is 11.6 Å². The summed E-state index contributed by atoms with van der Waals surface area (Å²) in [7, 11) is 0. The van der Waals surface area contributed by atoms with Crippen LogP contribution in [-0.2, 0) is 0 Å². The minimum atomic E-state index is -1.08. The number of amides is 1. The van der Waals surface area contributed by atoms with E-state index >= 15 is 0 Å². The Morgan fingerprint density at radius 3 is 2.77 bits per heavy atom. The predicted octanol–water partition coefficient (Wildman–Crippen LogP) is 3.37. The van der Waals surface area contributed by atoms with Crippen LogP contribution in [0.5, 0.6) is 0 Å². The maximum absolute atomic E-state index is 13.1. The average Bonchev–Trinajstić information content (AvgIpc) is 3.24. The van der Waals surface area contributed by atoms with Crippen molar-refractivity contribution in [2.45, 2.75) is 24.9 Å². The third-order valence-corrected chi connectivity index (χ3v) is 4.63. The molecule has 116 valence electrons. The predicted molar refractivity (Wildman–Crippen MR) is 79.9 cm³/mol. The highest BCUT2D eigenvalue weighted by Crippen LogP contribution is 2.43. The number of aliphatic hydroxyl groups is 1. The summed E-state index contributed by atoms with van der Waals surface area (Å²) in [6.07, 6.45) is 1.13. The zero-order valence-electron chi connectivity index (χ0n) is 11.7. The smallest absolute Gasteiger partial charge is 0.261 e. The Hall–Kier alpha value is -1.79. The number of hydrogen-bond acceptors (Lipinski definition) is 3. The Kier molecular flexibility index (Phi) is 4.22. The number of benzene rings is 1. The quantitative estimate of drug-likeness (QED) is 0.886. The molecule has 0 bridgehead atoms. The Balaban J connectivity index is 1.62. The minimum absolute atomic E-state index is 0.0497. The van der Waals surface area contributed by atoms with Gasteiger partial charge in [0, 0.05) is 6.54 Å². The fraction of sp³-hybridized carbons (Fsp3) is 0.312. The van der Waals surface area contributed by atoms with E-state index in [4.69, 9.17) is 0 Å². The molecule has 3 rings (SSSR count). The number of carbonyl (C=O) groups excluding carboxylic acids is 1. The normalized spacial score (nSPS) is 15.6. The standard InChI is InChI=1S/C16H15F2NO2S/c17-12-4-3-10(7-13(12)18)14(20)8-19-16(21)15-11(5-6-22-15)9-1-2-9/h3-7,9,14,20H,1-2,8H2,(H,19,21)/t14-/m1/s1. The Morgan fingerprint density at radius 1 is 1.32 bits per heavy atom. The number of aliphatic hydroxyl groups excluding tert-OH is 1. The van der Waals surface area contributed by atoms with Crippen LogP contribution in [0.3, 0.4) is 0 Å². The first kappa shape index (κ1) is 15.1. The lowest BCUT2D eigenvalue weighted by Crippen LogP contribution is -2.28. The molecule has 0 unspecified atom stereocenters. The fourth-order valence-electron chi connectivity index (χ4n) is 2.33. The van der Waals surface area contributed by atoms with Crippen LogP contribution in [0.15, 0.2) is 29.6 Å². The number of hydrogen-bond donors (Lipinski definition) is 2. The summed E-state index contributed by atoms with van der Waals surface area (Å²) < 4.78 is 26.0. The van der Waals surface area contributed by atoms with E-state index in [-0.39, 0.29) is 18.0 Å². The number of thiophene rings is 1. The number of nitrogens with one attached hydrogen (secondary N) is 1. The summed E-state index contributed by atoms with van der Waals surface area (Å²) in [5, 5.41) is 14.5. The Labute approximate surface area is 130 Å². The van der Waals surface area contributed by atoms with Gasteiger partial charge >= 0.3 is 0 Å². The maximum Gasteiger partial charge on any atom is 0.261 e. The van der Waals surface area contributed by atoms with Crippen molar-refractivity contribution >= 4 is 17.2 Å². The van der Waals surface area contributed by atoms with Crippen LogP contribution in [0.2, 0.25) is 0 Å². The second-order valence-corrected chi connectivity index (χ2v) is 6.29. The first-order chi connectivity index (χ1) is 10.6. The van der Waals surface area contributed by atoms with Crippen molar-refractivity contribution in [1.82, 2.24) is 5.32 Å². The minimum Gasteiger partial charge on any atom is -0.387 e. The van der Waals surface area contributed by atoms with Gasteiger partial charge in [-0.3, -0.25) is 4.79 Å². The van der Waals surface area contributed by atoms with Gasteiger partial charge in [0.2, 0.25) is 0 Å². The van der Waals surface area contributed by atoms with Crippen LogP contribution in [0.1, 0.15) is 45.7 Å². The van der Waals surface area contributed by atoms with Gasteiger partial charge < -0.3 is 10.4 Å². The molecule has 22 heavy (non-hydrogen) atoms. The highest BCUT2D eigenvalue weighted by molar-refractivity contribution is 7.12. The lowest BCUT2D eigenvalue weighted by Gasteiger charge is -2.12. The maximum atomic E-state index is 13.1. The van der Waals surface area contributed by atoms with Crippen molar-refractivity contribution < 1.29 is 18.7 Å². The van der Waals surface area contributed by atoms with Gasteiger partial charge in [-0.25, -0.2) is 8.78 Å². The van der Waals surface area contributed by atoms with Crippen molar-refractivity contribution in [3.05, 3.63) is 57.3 Å². The summed E-state index contributed by atoms with van der Waals surface area (Å²) in [6.45, 7) is -0.0497. The van der Waals surface area contributed by atoms with Gasteiger partial charge in [-0.15, -0.1) is 11.3 Å². The second-order valence-electron chi connectivity index (χ2n) is 5.38. The molecule has 0 spiro atoms. The highest BCUT2D eigenvalue weighted by Gasteiger charge is 2.29. The van der Waals surface area contributed by atoms with Gasteiger partial charge in [0.05, 0.1) is 11.0 Å². The first-order valence-corrected chi connectivity index (χ1v) is 7.93. The molecule has 1 heterocycles. The summed E-state index contributed by atoms with van der Waals surface area (Å²) in [4.78, 5) is 12.8. The molecule has 3 nitrogen and oxygen atoms in total. The number of halogens is 2. The van der Waals surface area contributed by atoms with Gasteiger partial charge in [-0.2, -0.15) is 0 Å². The molecule has 1 aliphatic carbocycles. The highest BCUT2D eigenvalue weighted by atomic mass is 32.1. The topological polar surface area (TPSA) is 49.3 Å². The SMILES string of the molecule is O=C(NC[C@@H](O)c1ccc(F)c(F)c1)c1sccc1C1CC1. The monoisotopic (exact) mass is 323 g/mol. The van der Waals surface area contributed by atoms with Crippen LogP contribution in [0.4, 0.5) is 8.78 Å². The van der Waals surface area contributed by atoms with Crippen molar-refractivity contribution in [3.63, 3.8) is 0 Å². The molecule has 1 aromatic carbocycles. The van der Waals surface area contributed by atoms with Gasteiger partial charge in [0.15, 0.2) is 11.6 Å². The molecule has 1 amide bonds. The van der Waals surface area contributed by atoms with E-state index in [2.05, 4.69) is 5.32 Å². The molecule has 2 aromatic rings. The van der Waals surface area contributed by atoms with Crippen LogP contribution in [0.25, 0.3) is 0 Å². The lowest BCUT2D eigenvalue weighted by molar-refractivity contribution is 0.0919. The van der Waals surface area contributed by atoms with Crippen LogP contribution < -0.4 is 5.32 Å². The molecule has 0 aliphatic heterocycles. The summed E-state index contributed by atoms with van der Waals surface area (Å²) in [5.41, 5.74) is 1.29. The van der Waals surface area contributed by atoms with E-state index in [9.17, 15) is 18.7 Å². The third-order valence-electron chi connectivity index (χ3n) is 3.70. The van der Waals surface area contributed by atoms with Gasteiger partial charge in [-0.1, -0.05) is 6.07 Å². The van der Waals surface area contributed by atoms with Gasteiger partial charge in [-0.05, 0) is 53.5 Å². The molecule has 1 atom stereocenters. The van der Waals surface area contributed by atoms with Gasteiger partial charge in [0.1, 0.15) is 0 Å². The number of rotatable bonds is 5. The second kappa shape index (κ2) is 6.14. The fourth-order valence-corrected chi connectivity index (χ4v) is 3.23. The van der Waals surface area contributed by atoms with E-state index in [0.717, 1.165) is 30.5 Å². The molecular formula is C16H15F2NO2S. The molecule has 2 N–H and O–H groups in total. The first-order valence-electron chi connectivity index (χ1n) is 7.05. The van der Waals surface area contributed by atoms with Crippen LogP contribution in [-0.4, -0.2) is 17.6 Å². The van der Waals surface area contributed by atoms with Crippen molar-refractivity contribution in [1.29, 1.82) is 0 Å². The zero-order valence-corrected chi connectivity index (χ0v) is 12.5. The van der Waals surface area contributed by atoms with Crippen molar-refractivity contribution in [3.8, 4) is 0 Å². The largest absolute Gasteiger partial charge is 0.387 e. The summed E-state index contributed by atoms with van der Waals surface area (Å²) >= 11 is 1.37. The van der Waals surface area contributed by atoms with E-state index in [1.807, 2.05) is 11.4 Å². The molecule has 1 fully saturated rings. The summed E-state index contributed by atoms with van der Waals surface area (Å²) in [5.74, 6) is -1.74. The van der Waals surface area contributed by atoms with E-state index in [1.54, 1.807) is 0 Å². The molecule has 0 saturated heterocycles. The van der Waals surface area contributed by atoms with Crippen LogP contribution >= 0.6 is 11.3 Å².